The van der Waals surface area contributed by atoms with E-state index < -0.39 is 29.7 Å². The van der Waals surface area contributed by atoms with Gasteiger partial charge in [-0.3, -0.25) is 9.59 Å². The smallest absolute Gasteiger partial charge is 0.410 e. The lowest BCUT2D eigenvalue weighted by molar-refractivity contribution is -0.179. The van der Waals surface area contributed by atoms with E-state index in [1.165, 1.54) is 5.57 Å². The van der Waals surface area contributed by atoms with Gasteiger partial charge in [0.25, 0.3) is 6.29 Å². The molecular weight excluding hydrogens is 350 g/mol. The molecule has 152 valence electrons. The Morgan fingerprint density at radius 3 is 2.44 bits per heavy atom. The third kappa shape index (κ3) is 5.02. The molecule has 2 rings (SSSR count). The average Bonchev–Trinajstić information content (AvgIpc) is 2.86. The minimum atomic E-state index is -0.974. The monoisotopic (exact) mass is 381 g/mol. The molecule has 1 saturated carbocycles. The van der Waals surface area contributed by atoms with Gasteiger partial charge in [0.2, 0.25) is 0 Å². The number of carbonyl (C=O) groups excluding carboxylic acids is 2. The molecule has 27 heavy (non-hydrogen) atoms. The largest absolute Gasteiger partial charge is 0.481 e. The van der Waals surface area contributed by atoms with Gasteiger partial charge in [0.1, 0.15) is 0 Å². The van der Waals surface area contributed by atoms with Gasteiger partial charge >= 0.3 is 18.0 Å². The highest BCUT2D eigenvalue weighted by Gasteiger charge is 2.55. The van der Waals surface area contributed by atoms with Crippen molar-refractivity contribution in [3.63, 3.8) is 0 Å². The van der Waals surface area contributed by atoms with Crippen molar-refractivity contribution >= 4 is 18.0 Å². The van der Waals surface area contributed by atoms with Crippen LogP contribution in [-0.2, 0) is 19.1 Å². The van der Waals surface area contributed by atoms with E-state index in [2.05, 4.69) is 18.3 Å². The van der Waals surface area contributed by atoms with Gasteiger partial charge in [0, 0.05) is 17.9 Å². The third-order valence-electron chi connectivity index (χ3n) is 5.49. The summed E-state index contributed by atoms with van der Waals surface area (Å²) in [6, 6.07) is 0. The molecule has 7 heteroatoms. The van der Waals surface area contributed by atoms with Crippen LogP contribution in [0.15, 0.2) is 11.6 Å². The van der Waals surface area contributed by atoms with Crippen LogP contribution in [0.25, 0.3) is 0 Å². The van der Waals surface area contributed by atoms with Gasteiger partial charge < -0.3 is 19.9 Å². The van der Waals surface area contributed by atoms with Gasteiger partial charge in [0.05, 0.1) is 12.3 Å². The second-order valence-corrected chi connectivity index (χ2v) is 8.60. The number of alkyl carbamates (subject to hydrolysis) is 1. The lowest BCUT2D eigenvalue weighted by Gasteiger charge is -2.51. The van der Waals surface area contributed by atoms with Crippen LogP contribution in [0.2, 0.25) is 0 Å². The summed E-state index contributed by atoms with van der Waals surface area (Å²) < 4.78 is 10.5. The number of fused-ring (bicyclic) bond motifs is 1. The fourth-order valence-corrected chi connectivity index (χ4v) is 4.11. The molecule has 0 aromatic carbocycles. The summed E-state index contributed by atoms with van der Waals surface area (Å²) in [7, 11) is 0. The van der Waals surface area contributed by atoms with Crippen molar-refractivity contribution in [3.05, 3.63) is 11.6 Å². The van der Waals surface area contributed by atoms with E-state index in [9.17, 15) is 19.5 Å². The normalized spacial score (nSPS) is 27.4. The SMILES string of the molecule is CC1=C[C@H]2[C@H](C1)C[C@@]2(CNC(=O)O[C@H](OC(=O)C(C)C)C(C)C)CC(=O)O. The number of nitrogens with one attached hydrogen (secondary N) is 1. The van der Waals surface area contributed by atoms with Crippen molar-refractivity contribution in [3.8, 4) is 0 Å². The van der Waals surface area contributed by atoms with Crippen LogP contribution < -0.4 is 5.32 Å². The molecule has 0 unspecified atom stereocenters. The molecule has 0 bridgehead atoms. The number of rotatable bonds is 8. The summed E-state index contributed by atoms with van der Waals surface area (Å²) in [5.74, 6) is -1.17. The molecule has 2 aliphatic carbocycles. The topological polar surface area (TPSA) is 102 Å². The van der Waals surface area contributed by atoms with E-state index in [1.807, 2.05) is 0 Å². The van der Waals surface area contributed by atoms with Crippen LogP contribution in [-0.4, -0.2) is 36.0 Å². The highest BCUT2D eigenvalue weighted by molar-refractivity contribution is 5.72. The van der Waals surface area contributed by atoms with E-state index >= 15 is 0 Å². The zero-order chi connectivity index (χ0) is 20.4. The quantitative estimate of drug-likeness (QED) is 0.380. The number of amides is 1. The third-order valence-corrected chi connectivity index (χ3v) is 5.49. The van der Waals surface area contributed by atoms with Gasteiger partial charge in [-0.1, -0.05) is 39.3 Å². The number of carboxylic acid groups (broad SMARTS) is 1. The average molecular weight is 381 g/mol. The molecular formula is C20H31NO6. The Morgan fingerprint density at radius 1 is 1.26 bits per heavy atom. The summed E-state index contributed by atoms with van der Waals surface area (Å²) >= 11 is 0. The van der Waals surface area contributed by atoms with Crippen LogP contribution in [0.1, 0.15) is 53.9 Å². The maximum absolute atomic E-state index is 12.3. The maximum atomic E-state index is 12.3. The number of hydrogen-bond donors (Lipinski definition) is 2. The van der Waals surface area contributed by atoms with Crippen LogP contribution in [0.5, 0.6) is 0 Å². The lowest BCUT2D eigenvalue weighted by atomic mass is 9.53. The Morgan fingerprint density at radius 2 is 1.93 bits per heavy atom. The van der Waals surface area contributed by atoms with E-state index in [1.54, 1.807) is 27.7 Å². The number of allylic oxidation sites excluding steroid dienone is 2. The molecule has 2 aliphatic rings. The molecule has 7 nitrogen and oxygen atoms in total. The first kappa shape index (κ1) is 21.3. The first-order valence-electron chi connectivity index (χ1n) is 9.58. The summed E-state index contributed by atoms with van der Waals surface area (Å²) in [5, 5.41) is 12.0. The second-order valence-electron chi connectivity index (χ2n) is 8.60. The van der Waals surface area contributed by atoms with Crippen molar-refractivity contribution < 1.29 is 29.0 Å². The molecule has 0 aromatic rings. The molecule has 0 aromatic heterocycles. The van der Waals surface area contributed by atoms with E-state index in [4.69, 9.17) is 9.47 Å². The van der Waals surface area contributed by atoms with Crippen molar-refractivity contribution in [2.45, 2.75) is 60.2 Å². The number of hydrogen-bond acceptors (Lipinski definition) is 5. The van der Waals surface area contributed by atoms with E-state index in [0.29, 0.717) is 5.92 Å². The number of carboxylic acids is 1. The Labute approximate surface area is 160 Å². The van der Waals surface area contributed by atoms with Crippen LogP contribution in [0.4, 0.5) is 4.79 Å². The molecule has 0 saturated heterocycles. The van der Waals surface area contributed by atoms with Crippen LogP contribution in [0, 0.1) is 29.1 Å². The van der Waals surface area contributed by atoms with Crippen molar-refractivity contribution in [2.75, 3.05) is 6.54 Å². The van der Waals surface area contributed by atoms with Crippen molar-refractivity contribution in [2.24, 2.45) is 29.1 Å². The van der Waals surface area contributed by atoms with Crippen LogP contribution >= 0.6 is 0 Å². The predicted molar refractivity (Wildman–Crippen MR) is 98.7 cm³/mol. The molecule has 0 radical (unpaired) electrons. The highest BCUT2D eigenvalue weighted by Crippen LogP contribution is 2.59. The fraction of sp³-hybridized carbons (Fsp3) is 0.750. The summed E-state index contributed by atoms with van der Waals surface area (Å²) in [4.78, 5) is 35.4. The van der Waals surface area contributed by atoms with Gasteiger partial charge in [-0.25, -0.2) is 4.79 Å². The number of carbonyl (C=O) groups is 3. The minimum absolute atomic E-state index is 0.00811. The molecule has 0 heterocycles. The summed E-state index contributed by atoms with van der Waals surface area (Å²) in [6.07, 6.45) is 2.25. The predicted octanol–water partition coefficient (Wildman–Crippen LogP) is 3.34. The molecule has 1 fully saturated rings. The van der Waals surface area contributed by atoms with Gasteiger partial charge in [-0.15, -0.1) is 0 Å². The number of ether oxygens (including phenoxy) is 2. The summed E-state index contributed by atoms with van der Waals surface area (Å²) in [6.45, 7) is 9.28. The second kappa shape index (κ2) is 8.31. The maximum Gasteiger partial charge on any atom is 0.410 e. The van der Waals surface area contributed by atoms with E-state index in [0.717, 1.165) is 12.8 Å². The molecule has 2 N–H and O–H groups in total. The minimum Gasteiger partial charge on any atom is -0.481 e. The lowest BCUT2D eigenvalue weighted by Crippen LogP contribution is -2.53. The van der Waals surface area contributed by atoms with Crippen molar-refractivity contribution in [1.29, 1.82) is 0 Å². The van der Waals surface area contributed by atoms with Gasteiger partial charge in [-0.05, 0) is 31.6 Å². The molecule has 1 amide bonds. The van der Waals surface area contributed by atoms with Crippen LogP contribution in [0.3, 0.4) is 0 Å². The Hall–Kier alpha value is -2.05. The zero-order valence-electron chi connectivity index (χ0n) is 16.8. The Balaban J connectivity index is 1.95. The standard InChI is InChI=1S/C20H31NO6/c1-11(2)17(24)26-18(12(3)4)27-19(25)21-10-20(9-16(22)23)8-14-6-13(5)7-15(14)20/h7,11-12,14-15,18H,6,8-10H2,1-5H3,(H,21,25)(H,22,23)/t14-,15+,18+,20+/m1/s1. The molecule has 0 aliphatic heterocycles. The first-order chi connectivity index (χ1) is 12.5. The number of aliphatic carboxylic acids is 1. The Bertz CT molecular complexity index is 626. The fourth-order valence-electron chi connectivity index (χ4n) is 4.11. The molecule has 0 spiro atoms. The van der Waals surface area contributed by atoms with Crippen molar-refractivity contribution in [1.82, 2.24) is 5.32 Å². The Kier molecular flexibility index (Phi) is 6.54. The first-order valence-corrected chi connectivity index (χ1v) is 9.58. The zero-order valence-corrected chi connectivity index (χ0v) is 16.8. The van der Waals surface area contributed by atoms with Gasteiger partial charge in [-0.2, -0.15) is 0 Å². The highest BCUT2D eigenvalue weighted by atomic mass is 16.7. The molecule has 4 atom stereocenters. The van der Waals surface area contributed by atoms with Gasteiger partial charge in [0.15, 0.2) is 0 Å². The summed E-state index contributed by atoms with van der Waals surface area (Å²) in [5.41, 5.74) is 0.801. The number of esters is 1. The van der Waals surface area contributed by atoms with E-state index in [-0.39, 0.29) is 30.7 Å².